The zero-order valence-electron chi connectivity index (χ0n) is 6.55. The molecule has 0 spiro atoms. The second kappa shape index (κ2) is 3.84. The van der Waals surface area contributed by atoms with E-state index in [0.29, 0.717) is 0 Å². The molecule has 0 unspecified atom stereocenters. The maximum Gasteiger partial charge on any atom is 0.0692 e. The average molecular weight is 369 g/mol. The van der Waals surface area contributed by atoms with Gasteiger partial charge in [0.1, 0.15) is 0 Å². The molecule has 2 aromatic rings. The van der Waals surface area contributed by atoms with Crippen LogP contribution >= 0.6 is 49.9 Å². The molecule has 0 saturated carbocycles. The summed E-state index contributed by atoms with van der Waals surface area (Å²) < 4.78 is 3.48. The first kappa shape index (κ1) is 9.89. The summed E-state index contributed by atoms with van der Waals surface area (Å²) in [4.78, 5) is 0. The zero-order chi connectivity index (χ0) is 9.42. The Labute approximate surface area is 102 Å². The van der Waals surface area contributed by atoms with Gasteiger partial charge in [-0.1, -0.05) is 0 Å². The lowest BCUT2D eigenvalue weighted by Gasteiger charge is -2.03. The van der Waals surface area contributed by atoms with Crippen molar-refractivity contribution in [3.63, 3.8) is 0 Å². The summed E-state index contributed by atoms with van der Waals surface area (Å²) in [6.45, 7) is 0.0999. The fourth-order valence-corrected chi connectivity index (χ4v) is 3.77. The van der Waals surface area contributed by atoms with E-state index in [1.165, 1.54) is 10.1 Å². The van der Waals surface area contributed by atoms with E-state index in [0.717, 1.165) is 13.6 Å². The third-order valence-corrected chi connectivity index (χ3v) is 4.98. The van der Waals surface area contributed by atoms with Crippen LogP contribution in [0.25, 0.3) is 10.1 Å². The fourth-order valence-electron chi connectivity index (χ4n) is 1.24. The number of aliphatic hydroxyl groups is 1. The molecule has 0 radical (unpaired) electrons. The van der Waals surface area contributed by atoms with Gasteiger partial charge in [-0.25, -0.2) is 0 Å². The maximum atomic E-state index is 9.12. The number of benzene rings is 1. The SMILES string of the molecule is OCc1cc(Br)c2sccc2c1I. The van der Waals surface area contributed by atoms with Crippen molar-refractivity contribution in [3.05, 3.63) is 31.1 Å². The monoisotopic (exact) mass is 368 g/mol. The lowest BCUT2D eigenvalue weighted by Crippen LogP contribution is -1.88. The summed E-state index contributed by atoms with van der Waals surface area (Å²) in [7, 11) is 0. The van der Waals surface area contributed by atoms with Gasteiger partial charge in [0.15, 0.2) is 0 Å². The normalized spacial score (nSPS) is 11.0. The van der Waals surface area contributed by atoms with Gasteiger partial charge < -0.3 is 5.11 Å². The first-order valence-corrected chi connectivity index (χ1v) is 6.44. The zero-order valence-corrected chi connectivity index (χ0v) is 11.1. The van der Waals surface area contributed by atoms with E-state index < -0.39 is 0 Å². The van der Waals surface area contributed by atoms with Crippen LogP contribution in [0.4, 0.5) is 0 Å². The minimum Gasteiger partial charge on any atom is -0.392 e. The van der Waals surface area contributed by atoms with E-state index in [4.69, 9.17) is 5.11 Å². The van der Waals surface area contributed by atoms with E-state index in [1.54, 1.807) is 11.3 Å². The van der Waals surface area contributed by atoms with E-state index in [1.807, 2.05) is 6.07 Å². The van der Waals surface area contributed by atoms with Gasteiger partial charge in [-0.05, 0) is 61.6 Å². The molecule has 0 bridgehead atoms. The highest BCUT2D eigenvalue weighted by atomic mass is 127. The van der Waals surface area contributed by atoms with Crippen LogP contribution in [0.3, 0.4) is 0 Å². The Morgan fingerprint density at radius 2 is 2.31 bits per heavy atom. The van der Waals surface area contributed by atoms with Gasteiger partial charge in [0, 0.05) is 18.1 Å². The minimum atomic E-state index is 0.0999. The Hall–Kier alpha value is 0.350. The van der Waals surface area contributed by atoms with Crippen LogP contribution in [0.2, 0.25) is 0 Å². The van der Waals surface area contributed by atoms with Crippen molar-refractivity contribution in [3.8, 4) is 0 Å². The molecular formula is C9H6BrIOS. The summed E-state index contributed by atoms with van der Waals surface area (Å²) >= 11 is 7.49. The van der Waals surface area contributed by atoms with Crippen LogP contribution in [0.1, 0.15) is 5.56 Å². The predicted octanol–water partition coefficient (Wildman–Crippen LogP) is 3.76. The topological polar surface area (TPSA) is 20.2 Å². The van der Waals surface area contributed by atoms with Crippen molar-refractivity contribution < 1.29 is 5.11 Å². The van der Waals surface area contributed by atoms with Crippen molar-refractivity contribution in [1.29, 1.82) is 0 Å². The summed E-state index contributed by atoms with van der Waals surface area (Å²) in [5.74, 6) is 0. The first-order chi connectivity index (χ1) is 6.24. The highest BCUT2D eigenvalue weighted by molar-refractivity contribution is 14.1. The Bertz CT molecular complexity index is 452. The molecule has 0 amide bonds. The van der Waals surface area contributed by atoms with Crippen LogP contribution in [0, 0.1) is 3.57 Å². The number of hydrogen-bond donors (Lipinski definition) is 1. The molecule has 0 fully saturated rings. The molecule has 1 N–H and O–H groups in total. The number of hydrogen-bond acceptors (Lipinski definition) is 2. The van der Waals surface area contributed by atoms with Crippen LogP contribution < -0.4 is 0 Å². The van der Waals surface area contributed by atoms with E-state index >= 15 is 0 Å². The van der Waals surface area contributed by atoms with Gasteiger partial charge >= 0.3 is 0 Å². The van der Waals surface area contributed by atoms with Crippen molar-refractivity contribution in [2.75, 3.05) is 0 Å². The average Bonchev–Trinajstić information content (AvgIpc) is 2.60. The van der Waals surface area contributed by atoms with Crippen LogP contribution in [0.15, 0.2) is 22.0 Å². The molecule has 1 heterocycles. The quantitative estimate of drug-likeness (QED) is 0.760. The highest BCUT2D eigenvalue weighted by Gasteiger charge is 2.08. The molecule has 1 aromatic carbocycles. The summed E-state index contributed by atoms with van der Waals surface area (Å²) in [5, 5.41) is 12.4. The number of thiophene rings is 1. The van der Waals surface area contributed by atoms with E-state index in [2.05, 4.69) is 50.0 Å². The summed E-state index contributed by atoms with van der Waals surface area (Å²) in [5.41, 5.74) is 0.985. The number of rotatable bonds is 1. The minimum absolute atomic E-state index is 0.0999. The third-order valence-electron chi connectivity index (χ3n) is 1.87. The molecule has 0 atom stereocenters. The lowest BCUT2D eigenvalue weighted by atomic mass is 10.2. The fraction of sp³-hybridized carbons (Fsp3) is 0.111. The number of fused-ring (bicyclic) bond motifs is 1. The first-order valence-electron chi connectivity index (χ1n) is 3.69. The molecule has 2 rings (SSSR count). The van der Waals surface area contributed by atoms with Gasteiger partial charge in [-0.15, -0.1) is 11.3 Å². The van der Waals surface area contributed by atoms with Gasteiger partial charge in [-0.2, -0.15) is 0 Å². The van der Waals surface area contributed by atoms with Crippen molar-refractivity contribution in [2.24, 2.45) is 0 Å². The van der Waals surface area contributed by atoms with Gasteiger partial charge in [0.05, 0.1) is 6.61 Å². The van der Waals surface area contributed by atoms with Crippen LogP contribution in [-0.4, -0.2) is 5.11 Å². The molecule has 0 saturated heterocycles. The largest absolute Gasteiger partial charge is 0.392 e. The molecule has 1 aromatic heterocycles. The summed E-state index contributed by atoms with van der Waals surface area (Å²) in [6.07, 6.45) is 0. The number of halogens is 2. The molecule has 0 aliphatic carbocycles. The van der Waals surface area contributed by atoms with Crippen molar-refractivity contribution >= 4 is 59.9 Å². The standard InChI is InChI=1S/C9H6BrIOS/c10-7-3-5(4-12)8(11)6-1-2-13-9(6)7/h1-3,12H,4H2. The predicted molar refractivity (Wildman–Crippen MR) is 68.2 cm³/mol. The Kier molecular flexibility index (Phi) is 2.92. The Morgan fingerprint density at radius 1 is 1.54 bits per heavy atom. The maximum absolute atomic E-state index is 9.12. The van der Waals surface area contributed by atoms with Crippen LogP contribution in [0.5, 0.6) is 0 Å². The lowest BCUT2D eigenvalue weighted by molar-refractivity contribution is 0.281. The van der Waals surface area contributed by atoms with Crippen molar-refractivity contribution in [2.45, 2.75) is 6.61 Å². The molecule has 13 heavy (non-hydrogen) atoms. The molecule has 0 aliphatic heterocycles. The van der Waals surface area contributed by atoms with Gasteiger partial charge in [0.2, 0.25) is 0 Å². The van der Waals surface area contributed by atoms with Crippen LogP contribution in [-0.2, 0) is 6.61 Å². The van der Waals surface area contributed by atoms with Gasteiger partial charge in [-0.3, -0.25) is 0 Å². The van der Waals surface area contributed by atoms with Crippen molar-refractivity contribution in [1.82, 2.24) is 0 Å². The third kappa shape index (κ3) is 1.65. The number of aliphatic hydroxyl groups excluding tert-OH is 1. The molecule has 1 nitrogen and oxygen atoms in total. The molecule has 68 valence electrons. The Balaban J connectivity index is 2.85. The van der Waals surface area contributed by atoms with E-state index in [9.17, 15) is 0 Å². The van der Waals surface area contributed by atoms with Gasteiger partial charge in [0.25, 0.3) is 0 Å². The molecule has 0 aliphatic rings. The van der Waals surface area contributed by atoms with E-state index in [-0.39, 0.29) is 6.61 Å². The second-order valence-corrected chi connectivity index (χ2v) is 5.50. The smallest absolute Gasteiger partial charge is 0.0692 e. The summed E-state index contributed by atoms with van der Waals surface area (Å²) in [6, 6.07) is 4.08. The second-order valence-electron chi connectivity index (χ2n) is 2.65. The molecular weight excluding hydrogens is 363 g/mol. The highest BCUT2D eigenvalue weighted by Crippen LogP contribution is 2.34. The molecule has 4 heteroatoms. The Morgan fingerprint density at radius 3 is 3.00 bits per heavy atom.